The minimum atomic E-state index is -4.54. The van der Waals surface area contributed by atoms with Crippen LogP contribution in [0.15, 0.2) is 45.9 Å². The minimum absolute atomic E-state index is 0.0763. The van der Waals surface area contributed by atoms with Gasteiger partial charge in [0, 0.05) is 10.5 Å². The monoisotopic (exact) mass is 357 g/mol. The minimum Gasteiger partial charge on any atom is -0.306 e. The second-order valence-corrected chi connectivity index (χ2v) is 5.16. The number of halogens is 4. The van der Waals surface area contributed by atoms with Crippen molar-refractivity contribution in [2.24, 2.45) is 0 Å². The molecule has 0 unspecified atom stereocenters. The molecule has 0 atom stereocenters. The Morgan fingerprint density at radius 2 is 1.95 bits per heavy atom. The number of alkyl halides is 3. The molecule has 0 radical (unpaired) electrons. The second kappa shape index (κ2) is 4.73. The molecule has 8 heteroatoms. The number of pyridine rings is 1. The number of rotatable bonds is 1. The number of hydrogen-bond donors (Lipinski definition) is 1. The third-order valence-electron chi connectivity index (χ3n) is 2.96. The molecule has 3 aromatic rings. The van der Waals surface area contributed by atoms with E-state index in [2.05, 4.69) is 25.9 Å². The fourth-order valence-corrected chi connectivity index (χ4v) is 2.68. The van der Waals surface area contributed by atoms with E-state index in [1.165, 1.54) is 41.2 Å². The summed E-state index contributed by atoms with van der Waals surface area (Å²) >= 11 is 2.92. The summed E-state index contributed by atoms with van der Waals surface area (Å²) in [6, 6.07) is 6.84. The van der Waals surface area contributed by atoms with Gasteiger partial charge in [-0.3, -0.25) is 9.36 Å². The van der Waals surface area contributed by atoms with Crippen molar-refractivity contribution in [1.29, 1.82) is 0 Å². The molecule has 0 bridgehead atoms. The van der Waals surface area contributed by atoms with E-state index in [-0.39, 0.29) is 15.8 Å². The summed E-state index contributed by atoms with van der Waals surface area (Å²) in [7, 11) is 0. The van der Waals surface area contributed by atoms with Gasteiger partial charge in [0.1, 0.15) is 17.5 Å². The van der Waals surface area contributed by atoms with Gasteiger partial charge in [0.15, 0.2) is 0 Å². The Morgan fingerprint density at radius 1 is 1.19 bits per heavy atom. The van der Waals surface area contributed by atoms with Gasteiger partial charge < -0.3 is 4.98 Å². The van der Waals surface area contributed by atoms with Crippen molar-refractivity contribution in [2.45, 2.75) is 6.18 Å². The molecule has 1 aromatic carbocycles. The lowest BCUT2D eigenvalue weighted by Crippen LogP contribution is -2.12. The standard InChI is InChI=1S/C13H7BrF3N3O/c14-7-2-1-3-9(11(7)13(15,16)17)20-6-18-8-4-5-10(21)19-12(8)20/h1-6H,(H,19,21). The highest BCUT2D eigenvalue weighted by Gasteiger charge is 2.36. The highest BCUT2D eigenvalue weighted by Crippen LogP contribution is 2.39. The fourth-order valence-electron chi connectivity index (χ4n) is 2.10. The molecule has 108 valence electrons. The van der Waals surface area contributed by atoms with E-state index in [0.29, 0.717) is 5.52 Å². The van der Waals surface area contributed by atoms with Gasteiger partial charge in [-0.25, -0.2) is 4.98 Å². The zero-order chi connectivity index (χ0) is 15.2. The lowest BCUT2D eigenvalue weighted by Gasteiger charge is -2.15. The summed E-state index contributed by atoms with van der Waals surface area (Å²) in [6.07, 6.45) is -3.29. The summed E-state index contributed by atoms with van der Waals surface area (Å²) in [4.78, 5) is 17.9. The molecular formula is C13H7BrF3N3O. The van der Waals surface area contributed by atoms with E-state index < -0.39 is 17.3 Å². The summed E-state index contributed by atoms with van der Waals surface area (Å²) in [5.41, 5.74) is -0.725. The third kappa shape index (κ3) is 2.35. The van der Waals surface area contributed by atoms with E-state index in [1.54, 1.807) is 0 Å². The summed E-state index contributed by atoms with van der Waals surface area (Å²) < 4.78 is 40.9. The maximum Gasteiger partial charge on any atom is 0.419 e. The van der Waals surface area contributed by atoms with E-state index in [4.69, 9.17) is 0 Å². The molecule has 21 heavy (non-hydrogen) atoms. The first-order valence-electron chi connectivity index (χ1n) is 5.80. The topological polar surface area (TPSA) is 50.7 Å². The van der Waals surface area contributed by atoms with Crippen molar-refractivity contribution in [3.8, 4) is 5.69 Å². The Kier molecular flexibility index (Phi) is 3.12. The highest BCUT2D eigenvalue weighted by molar-refractivity contribution is 9.10. The molecule has 0 aliphatic rings. The summed E-state index contributed by atoms with van der Waals surface area (Å²) in [5, 5.41) is 0. The van der Waals surface area contributed by atoms with Gasteiger partial charge in [-0.15, -0.1) is 0 Å². The molecule has 1 N–H and O–H groups in total. The smallest absolute Gasteiger partial charge is 0.306 e. The van der Waals surface area contributed by atoms with Gasteiger partial charge in [-0.05, 0) is 18.2 Å². The number of nitrogens with zero attached hydrogens (tertiary/aromatic N) is 2. The first-order chi connectivity index (χ1) is 9.88. The maximum absolute atomic E-state index is 13.2. The second-order valence-electron chi connectivity index (χ2n) is 4.30. The SMILES string of the molecule is O=c1ccc2ncn(-c3cccc(Br)c3C(F)(F)F)c2[nH]1. The van der Waals surface area contributed by atoms with Crippen LogP contribution in [0.5, 0.6) is 0 Å². The van der Waals surface area contributed by atoms with Crippen molar-refractivity contribution in [3.63, 3.8) is 0 Å². The molecule has 4 nitrogen and oxygen atoms in total. The first kappa shape index (κ1) is 13.9. The van der Waals surface area contributed by atoms with E-state index in [1.807, 2.05) is 0 Å². The van der Waals surface area contributed by atoms with Crippen LogP contribution in [0.4, 0.5) is 13.2 Å². The lowest BCUT2D eigenvalue weighted by molar-refractivity contribution is -0.138. The lowest BCUT2D eigenvalue weighted by atomic mass is 10.1. The molecule has 0 aliphatic carbocycles. The maximum atomic E-state index is 13.2. The average Bonchev–Trinajstić information content (AvgIpc) is 2.79. The van der Waals surface area contributed by atoms with Crippen LogP contribution in [0.25, 0.3) is 16.9 Å². The van der Waals surface area contributed by atoms with Crippen molar-refractivity contribution in [1.82, 2.24) is 14.5 Å². The molecule has 0 saturated heterocycles. The number of nitrogens with one attached hydrogen (secondary N) is 1. The summed E-state index contributed by atoms with van der Waals surface area (Å²) in [5.74, 6) is 0. The van der Waals surface area contributed by atoms with E-state index in [9.17, 15) is 18.0 Å². The van der Waals surface area contributed by atoms with E-state index >= 15 is 0 Å². The van der Waals surface area contributed by atoms with Crippen LogP contribution in [-0.2, 0) is 6.18 Å². The Balaban J connectivity index is 2.36. The van der Waals surface area contributed by atoms with Gasteiger partial charge in [0.05, 0.1) is 11.3 Å². The van der Waals surface area contributed by atoms with E-state index in [0.717, 1.165) is 0 Å². The molecule has 0 saturated carbocycles. The quantitative estimate of drug-likeness (QED) is 0.724. The number of hydrogen-bond acceptors (Lipinski definition) is 2. The van der Waals surface area contributed by atoms with Gasteiger partial charge in [-0.1, -0.05) is 22.0 Å². The van der Waals surface area contributed by atoms with Crippen molar-refractivity contribution >= 4 is 27.1 Å². The van der Waals surface area contributed by atoms with Crippen LogP contribution in [0.1, 0.15) is 5.56 Å². The largest absolute Gasteiger partial charge is 0.419 e. The molecule has 0 aliphatic heterocycles. The molecule has 2 aromatic heterocycles. The van der Waals surface area contributed by atoms with Crippen LogP contribution in [0, 0.1) is 0 Å². The molecule has 2 heterocycles. The Morgan fingerprint density at radius 3 is 2.67 bits per heavy atom. The van der Waals surface area contributed by atoms with Crippen molar-refractivity contribution in [2.75, 3.05) is 0 Å². The number of aromatic amines is 1. The number of H-pyrrole nitrogens is 1. The number of aromatic nitrogens is 3. The molecular weight excluding hydrogens is 351 g/mol. The Hall–Kier alpha value is -2.09. The predicted octanol–water partition coefficient (Wildman–Crippen LogP) is 3.50. The first-order valence-corrected chi connectivity index (χ1v) is 6.59. The van der Waals surface area contributed by atoms with Crippen LogP contribution >= 0.6 is 15.9 Å². The normalized spacial score (nSPS) is 12.0. The molecule has 0 spiro atoms. The summed E-state index contributed by atoms with van der Waals surface area (Å²) in [6.45, 7) is 0. The number of imidazole rings is 1. The van der Waals surface area contributed by atoms with Crippen molar-refractivity contribution < 1.29 is 13.2 Å². The number of fused-ring (bicyclic) bond motifs is 1. The number of benzene rings is 1. The van der Waals surface area contributed by atoms with Gasteiger partial charge in [-0.2, -0.15) is 13.2 Å². The molecule has 0 amide bonds. The molecule has 0 fully saturated rings. The Bertz CT molecular complexity index is 882. The average molecular weight is 358 g/mol. The van der Waals surface area contributed by atoms with Crippen LogP contribution in [-0.4, -0.2) is 14.5 Å². The van der Waals surface area contributed by atoms with Crippen LogP contribution < -0.4 is 5.56 Å². The van der Waals surface area contributed by atoms with Gasteiger partial charge in [0.25, 0.3) is 0 Å². The van der Waals surface area contributed by atoms with Crippen molar-refractivity contribution in [3.05, 3.63) is 57.0 Å². The fraction of sp³-hybridized carbons (Fsp3) is 0.0769. The predicted molar refractivity (Wildman–Crippen MR) is 74.4 cm³/mol. The van der Waals surface area contributed by atoms with Crippen LogP contribution in [0.3, 0.4) is 0 Å². The molecule has 3 rings (SSSR count). The zero-order valence-corrected chi connectivity index (χ0v) is 11.9. The van der Waals surface area contributed by atoms with Gasteiger partial charge in [0.2, 0.25) is 5.56 Å². The third-order valence-corrected chi connectivity index (χ3v) is 3.63. The Labute approximate surface area is 124 Å². The van der Waals surface area contributed by atoms with Gasteiger partial charge >= 0.3 is 6.18 Å². The van der Waals surface area contributed by atoms with Crippen LogP contribution in [0.2, 0.25) is 0 Å². The zero-order valence-electron chi connectivity index (χ0n) is 10.3. The highest BCUT2D eigenvalue weighted by atomic mass is 79.9.